The second-order valence-corrected chi connectivity index (χ2v) is 12.9. The molecule has 0 unspecified atom stereocenters. The van der Waals surface area contributed by atoms with Crippen molar-refractivity contribution in [1.82, 2.24) is 9.47 Å². The van der Waals surface area contributed by atoms with Crippen LogP contribution in [0.1, 0.15) is 53.2 Å². The van der Waals surface area contributed by atoms with Gasteiger partial charge in [0.05, 0.1) is 18.9 Å². The van der Waals surface area contributed by atoms with Gasteiger partial charge < -0.3 is 33.6 Å². The third kappa shape index (κ3) is 10.3. The molecule has 0 N–H and O–H groups in total. The topological polar surface area (TPSA) is 96.3 Å². The monoisotopic (exact) mass is 727 g/mol. The molecule has 0 amide bonds. The molecule has 0 radical (unpaired) electrons. The van der Waals surface area contributed by atoms with Gasteiger partial charge in [0, 0.05) is 73.5 Å². The van der Waals surface area contributed by atoms with E-state index in [0.29, 0.717) is 55.4 Å². The fourth-order valence-corrected chi connectivity index (χ4v) is 6.57. The first-order chi connectivity index (χ1) is 24.9. The fourth-order valence-electron chi connectivity index (χ4n) is 6.57. The van der Waals surface area contributed by atoms with Crippen molar-refractivity contribution < 1.29 is 80.3 Å². The Kier molecular flexibility index (Phi) is 14.8. The quantitative estimate of drug-likeness (QED) is 0.0819. The van der Waals surface area contributed by atoms with E-state index in [4.69, 9.17) is 14.2 Å². The maximum Gasteiger partial charge on any atom is 1.00 e. The van der Waals surface area contributed by atoms with E-state index in [1.165, 1.54) is 5.56 Å². The van der Waals surface area contributed by atoms with Crippen LogP contribution in [0.5, 0.6) is 17.2 Å². The van der Waals surface area contributed by atoms with Crippen molar-refractivity contribution in [3.05, 3.63) is 119 Å². The van der Waals surface area contributed by atoms with Crippen LogP contribution >= 0.6 is 0 Å². The van der Waals surface area contributed by atoms with E-state index >= 15 is 0 Å². The van der Waals surface area contributed by atoms with Gasteiger partial charge in [-0.05, 0) is 75.1 Å². The van der Waals surface area contributed by atoms with Gasteiger partial charge in [0.25, 0.3) is 0 Å². The Bertz CT molecular complexity index is 1930. The summed E-state index contributed by atoms with van der Waals surface area (Å²) in [6, 6.07) is 29.5. The Morgan fingerprint density at radius 1 is 0.769 bits per heavy atom. The number of carbonyl (C=O) groups excluding carboxylic acids is 2. The van der Waals surface area contributed by atoms with Crippen LogP contribution < -0.4 is 75.6 Å². The van der Waals surface area contributed by atoms with Gasteiger partial charge >= 0.3 is 51.4 Å². The minimum Gasteiger partial charge on any atom is -0.550 e. The number of para-hydroxylation sites is 3. The number of fused-ring (bicyclic) bond motifs is 1. The van der Waals surface area contributed by atoms with Crippen molar-refractivity contribution in [2.75, 3.05) is 50.8 Å². The number of ether oxygens (including phenoxy) is 3. The molecule has 4 aromatic carbocycles. The molecule has 0 atom stereocenters. The number of hydrogen-bond donors (Lipinski definition) is 0. The molecule has 2 heterocycles. The van der Waals surface area contributed by atoms with E-state index in [0.717, 1.165) is 67.0 Å². The zero-order valence-corrected chi connectivity index (χ0v) is 33.6. The van der Waals surface area contributed by atoms with Crippen LogP contribution in [0, 0.1) is 6.92 Å². The van der Waals surface area contributed by atoms with Gasteiger partial charge in [-0.1, -0.05) is 60.2 Å². The SMILES string of the molecule is CCOc1ccccc1N1CCN(CCCOc2cc(C(=O)c3cn(CCCC(=O)[O-])c4ccccc34)ccc2OCc2ccc(C)cc2)CC1.[K+]. The van der Waals surface area contributed by atoms with E-state index in [1.54, 1.807) is 12.1 Å². The van der Waals surface area contributed by atoms with Crippen LogP contribution in [0.4, 0.5) is 5.69 Å². The van der Waals surface area contributed by atoms with Crippen molar-refractivity contribution >= 4 is 28.3 Å². The number of carboxylic acid groups (broad SMARTS) is 1. The summed E-state index contributed by atoms with van der Waals surface area (Å²) < 4.78 is 20.4. The number of aryl methyl sites for hydroxylation is 2. The zero-order valence-electron chi connectivity index (χ0n) is 30.5. The molecule has 1 aromatic heterocycles. The number of nitrogens with zero attached hydrogens (tertiary/aromatic N) is 3. The Morgan fingerprint density at radius 3 is 2.29 bits per heavy atom. The van der Waals surface area contributed by atoms with Crippen LogP contribution in [-0.4, -0.2) is 67.2 Å². The number of hydrogen-bond acceptors (Lipinski definition) is 8. The van der Waals surface area contributed by atoms with Crippen molar-refractivity contribution in [2.24, 2.45) is 0 Å². The van der Waals surface area contributed by atoms with Gasteiger partial charge in [-0.25, -0.2) is 0 Å². The van der Waals surface area contributed by atoms with Crippen LogP contribution in [0.15, 0.2) is 97.2 Å². The summed E-state index contributed by atoms with van der Waals surface area (Å²) in [7, 11) is 0. The number of benzene rings is 4. The number of carbonyl (C=O) groups is 2. The number of rotatable bonds is 17. The zero-order chi connectivity index (χ0) is 35.6. The second kappa shape index (κ2) is 19.4. The first-order valence-electron chi connectivity index (χ1n) is 17.9. The molecule has 6 rings (SSSR count). The molecular formula is C42H46KN3O6. The van der Waals surface area contributed by atoms with Gasteiger partial charge in [-0.3, -0.25) is 9.69 Å². The number of ketones is 1. The molecule has 0 saturated carbocycles. The van der Waals surface area contributed by atoms with Gasteiger partial charge in [0.2, 0.25) is 0 Å². The van der Waals surface area contributed by atoms with Gasteiger partial charge in [-0.2, -0.15) is 0 Å². The summed E-state index contributed by atoms with van der Waals surface area (Å²) >= 11 is 0. The first-order valence-corrected chi connectivity index (χ1v) is 17.9. The summed E-state index contributed by atoms with van der Waals surface area (Å²) in [6.07, 6.45) is 3.02. The van der Waals surface area contributed by atoms with Crippen LogP contribution in [0.25, 0.3) is 10.9 Å². The van der Waals surface area contributed by atoms with Crippen LogP contribution in [0.2, 0.25) is 0 Å². The molecule has 266 valence electrons. The van der Waals surface area contributed by atoms with Crippen molar-refractivity contribution in [3.8, 4) is 17.2 Å². The Hall–Kier alpha value is -3.64. The standard InChI is InChI=1S/C42H47N3O6.K/c1-3-49-38-13-7-6-12-37(38)44-25-23-43(24-26-44)21-9-27-50-40-28-33(19-20-39(40)51-30-32-17-15-31(2)16-18-32)42(48)35-29-45(22-8-14-41(46)47)36-11-5-4-10-34(35)36;/h4-7,10-13,15-20,28-29H,3,8-9,14,21-27,30H2,1-2H3,(H,46,47);/q;+1/p-1. The Labute approximate surface area is 348 Å². The van der Waals surface area contributed by atoms with Crippen LogP contribution in [-0.2, 0) is 17.9 Å². The third-order valence-corrected chi connectivity index (χ3v) is 9.29. The molecule has 9 nitrogen and oxygen atoms in total. The van der Waals surface area contributed by atoms with Crippen LogP contribution in [0.3, 0.4) is 0 Å². The molecule has 0 spiro atoms. The molecule has 10 heteroatoms. The first kappa shape index (κ1) is 39.6. The average molecular weight is 728 g/mol. The van der Waals surface area contributed by atoms with E-state index in [2.05, 4.69) is 41.0 Å². The maximum atomic E-state index is 14.0. The fraction of sp³-hybridized carbons (Fsp3) is 0.333. The number of anilines is 1. The van der Waals surface area contributed by atoms with E-state index in [9.17, 15) is 14.7 Å². The summed E-state index contributed by atoms with van der Waals surface area (Å²) in [5.41, 5.74) is 5.31. The molecule has 1 fully saturated rings. The average Bonchev–Trinajstić information content (AvgIpc) is 3.52. The third-order valence-electron chi connectivity index (χ3n) is 9.29. The number of aromatic nitrogens is 1. The summed E-state index contributed by atoms with van der Waals surface area (Å²) in [4.78, 5) is 29.9. The van der Waals surface area contributed by atoms with E-state index < -0.39 is 5.97 Å². The number of carboxylic acids is 1. The largest absolute Gasteiger partial charge is 1.00 e. The molecule has 1 saturated heterocycles. The minimum atomic E-state index is -1.08. The molecular weight excluding hydrogens is 682 g/mol. The number of aliphatic carboxylic acids is 1. The van der Waals surface area contributed by atoms with Crippen molar-refractivity contribution in [1.29, 1.82) is 0 Å². The van der Waals surface area contributed by atoms with E-state index in [1.807, 2.05) is 72.3 Å². The molecule has 52 heavy (non-hydrogen) atoms. The van der Waals surface area contributed by atoms with Crippen molar-refractivity contribution in [2.45, 2.75) is 46.3 Å². The molecule has 1 aliphatic heterocycles. The van der Waals surface area contributed by atoms with Crippen molar-refractivity contribution in [3.63, 3.8) is 0 Å². The summed E-state index contributed by atoms with van der Waals surface area (Å²) in [5, 5.41) is 11.8. The minimum absolute atomic E-state index is 0. The van der Waals surface area contributed by atoms with E-state index in [-0.39, 0.29) is 63.6 Å². The predicted molar refractivity (Wildman–Crippen MR) is 198 cm³/mol. The molecule has 0 bridgehead atoms. The molecule has 1 aliphatic rings. The van der Waals surface area contributed by atoms with Gasteiger partial charge in [-0.15, -0.1) is 0 Å². The molecule has 5 aromatic rings. The summed E-state index contributed by atoms with van der Waals surface area (Å²) in [5.74, 6) is 0.828. The van der Waals surface area contributed by atoms with Gasteiger partial charge in [0.15, 0.2) is 17.3 Å². The number of piperazine rings is 1. The molecule has 0 aliphatic carbocycles. The second-order valence-electron chi connectivity index (χ2n) is 12.9. The Morgan fingerprint density at radius 2 is 1.52 bits per heavy atom. The van der Waals surface area contributed by atoms with Gasteiger partial charge in [0.1, 0.15) is 12.4 Å². The smallest absolute Gasteiger partial charge is 0.550 e. The maximum absolute atomic E-state index is 14.0. The predicted octanol–water partition coefficient (Wildman–Crippen LogP) is 3.28. The summed E-state index contributed by atoms with van der Waals surface area (Å²) in [6.45, 7) is 10.7. The Balaban J connectivity index is 0.00000523. The normalized spacial score (nSPS) is 13.1.